The van der Waals surface area contributed by atoms with Crippen LogP contribution in [0.3, 0.4) is 0 Å². The van der Waals surface area contributed by atoms with Crippen LogP contribution in [0.2, 0.25) is 0 Å². The number of hydrogen-bond donors (Lipinski definition) is 1. The van der Waals surface area contributed by atoms with Crippen LogP contribution in [0, 0.1) is 6.92 Å². The van der Waals surface area contributed by atoms with E-state index in [2.05, 4.69) is 4.72 Å². The Bertz CT molecular complexity index is 986. The van der Waals surface area contributed by atoms with Crippen molar-refractivity contribution in [2.24, 2.45) is 0 Å². The van der Waals surface area contributed by atoms with E-state index >= 15 is 0 Å². The summed E-state index contributed by atoms with van der Waals surface area (Å²) in [7, 11) is -3.84. The summed E-state index contributed by atoms with van der Waals surface area (Å²) in [5.74, 6) is 0.361. The molecule has 2 aromatic carbocycles. The number of nitrogens with one attached hydrogen (secondary N) is 1. The average molecular weight is 403 g/mol. The van der Waals surface area contributed by atoms with Gasteiger partial charge in [0, 0.05) is 18.7 Å². The molecule has 2 aromatic rings. The van der Waals surface area contributed by atoms with Gasteiger partial charge in [-0.2, -0.15) is 0 Å². The largest absolute Gasteiger partial charge is 0.492 e. The maximum absolute atomic E-state index is 13.0. The molecule has 7 heteroatoms. The normalized spacial score (nSPS) is 13.8. The molecular formula is C21H26N2O4S. The minimum Gasteiger partial charge on any atom is -0.492 e. The van der Waals surface area contributed by atoms with E-state index in [4.69, 9.17) is 4.74 Å². The van der Waals surface area contributed by atoms with Gasteiger partial charge in [-0.3, -0.25) is 9.52 Å². The molecule has 1 aliphatic rings. The highest BCUT2D eigenvalue weighted by molar-refractivity contribution is 7.92. The van der Waals surface area contributed by atoms with Gasteiger partial charge in [0.1, 0.15) is 10.6 Å². The Balaban J connectivity index is 1.96. The summed E-state index contributed by atoms with van der Waals surface area (Å²) in [5, 5.41) is 0. The molecule has 1 aliphatic heterocycles. The molecule has 6 nitrogen and oxygen atoms in total. The minimum absolute atomic E-state index is 0.0401. The maximum Gasteiger partial charge on any atom is 0.265 e. The molecule has 1 N–H and O–H groups in total. The zero-order chi connectivity index (χ0) is 20.3. The molecule has 1 amide bonds. The van der Waals surface area contributed by atoms with Crippen LogP contribution in [0.1, 0.15) is 37.8 Å². The number of anilines is 2. The lowest BCUT2D eigenvalue weighted by Gasteiger charge is -2.30. The van der Waals surface area contributed by atoms with Crippen molar-refractivity contribution in [1.29, 1.82) is 0 Å². The Labute approximate surface area is 166 Å². The van der Waals surface area contributed by atoms with E-state index < -0.39 is 10.0 Å². The number of rotatable bonds is 6. The van der Waals surface area contributed by atoms with Gasteiger partial charge >= 0.3 is 0 Å². The Morgan fingerprint density at radius 1 is 1.18 bits per heavy atom. The number of ether oxygens (including phenoxy) is 1. The highest BCUT2D eigenvalue weighted by atomic mass is 32.2. The number of fused-ring (bicyclic) bond motifs is 1. The Morgan fingerprint density at radius 2 is 1.96 bits per heavy atom. The first-order chi connectivity index (χ1) is 13.4. The topological polar surface area (TPSA) is 75.7 Å². The van der Waals surface area contributed by atoms with Crippen molar-refractivity contribution in [2.45, 2.75) is 44.9 Å². The van der Waals surface area contributed by atoms with Gasteiger partial charge < -0.3 is 9.64 Å². The van der Waals surface area contributed by atoms with Crippen molar-refractivity contribution >= 4 is 27.3 Å². The molecule has 0 aromatic heterocycles. The number of amides is 1. The summed E-state index contributed by atoms with van der Waals surface area (Å²) in [6.07, 6.45) is 2.20. The fourth-order valence-corrected chi connectivity index (χ4v) is 4.68. The molecule has 0 unspecified atom stereocenters. The number of benzene rings is 2. The van der Waals surface area contributed by atoms with E-state index in [1.54, 1.807) is 29.2 Å². The molecule has 0 atom stereocenters. The zero-order valence-corrected chi connectivity index (χ0v) is 17.3. The average Bonchev–Trinajstić information content (AvgIpc) is 2.68. The predicted molar refractivity (Wildman–Crippen MR) is 111 cm³/mol. The third-order valence-corrected chi connectivity index (χ3v) is 6.15. The molecule has 0 saturated carbocycles. The number of aryl methyl sites for hydroxylation is 2. The van der Waals surface area contributed by atoms with E-state index in [-0.39, 0.29) is 10.8 Å². The first kappa shape index (κ1) is 20.2. The van der Waals surface area contributed by atoms with Gasteiger partial charge in [0.15, 0.2) is 0 Å². The van der Waals surface area contributed by atoms with Crippen molar-refractivity contribution in [2.75, 3.05) is 22.8 Å². The SMILES string of the molecule is CCOc1ccc(C)cc1S(=O)(=O)Nc1ccc2c(c1)N(C(=O)CC)CCC2. The highest BCUT2D eigenvalue weighted by Gasteiger charge is 2.24. The number of carbonyl (C=O) groups is 1. The van der Waals surface area contributed by atoms with Crippen molar-refractivity contribution in [1.82, 2.24) is 0 Å². The first-order valence-corrected chi connectivity index (χ1v) is 11.0. The zero-order valence-electron chi connectivity index (χ0n) is 16.5. The lowest BCUT2D eigenvalue weighted by Crippen LogP contribution is -2.35. The van der Waals surface area contributed by atoms with Crippen LogP contribution in [0.25, 0.3) is 0 Å². The second-order valence-electron chi connectivity index (χ2n) is 6.83. The predicted octanol–water partition coefficient (Wildman–Crippen LogP) is 3.88. The summed E-state index contributed by atoms with van der Waals surface area (Å²) < 4.78 is 34.2. The van der Waals surface area contributed by atoms with Gasteiger partial charge in [0.05, 0.1) is 12.3 Å². The second-order valence-corrected chi connectivity index (χ2v) is 8.49. The van der Waals surface area contributed by atoms with Gasteiger partial charge in [-0.05, 0) is 62.1 Å². The maximum atomic E-state index is 13.0. The van der Waals surface area contributed by atoms with Crippen molar-refractivity contribution in [3.8, 4) is 5.75 Å². The van der Waals surface area contributed by atoms with Crippen LogP contribution in [-0.4, -0.2) is 27.5 Å². The van der Waals surface area contributed by atoms with Crippen molar-refractivity contribution < 1.29 is 17.9 Å². The van der Waals surface area contributed by atoms with E-state index in [1.807, 2.05) is 32.9 Å². The van der Waals surface area contributed by atoms with E-state index in [0.717, 1.165) is 29.7 Å². The highest BCUT2D eigenvalue weighted by Crippen LogP contribution is 2.32. The van der Waals surface area contributed by atoms with Crippen LogP contribution in [0.4, 0.5) is 11.4 Å². The van der Waals surface area contributed by atoms with Gasteiger partial charge in [-0.25, -0.2) is 8.42 Å². The third kappa shape index (κ3) is 4.14. The molecule has 0 radical (unpaired) electrons. The summed E-state index contributed by atoms with van der Waals surface area (Å²) in [5.41, 5.74) is 3.10. The quantitative estimate of drug-likeness (QED) is 0.795. The van der Waals surface area contributed by atoms with Crippen LogP contribution in [0.5, 0.6) is 5.75 Å². The fraction of sp³-hybridized carbons (Fsp3) is 0.381. The first-order valence-electron chi connectivity index (χ1n) is 9.55. The van der Waals surface area contributed by atoms with Gasteiger partial charge in [-0.1, -0.05) is 19.1 Å². The number of hydrogen-bond acceptors (Lipinski definition) is 4. The van der Waals surface area contributed by atoms with E-state index in [0.29, 0.717) is 31.0 Å². The molecule has 28 heavy (non-hydrogen) atoms. The van der Waals surface area contributed by atoms with Crippen LogP contribution in [-0.2, 0) is 21.2 Å². The van der Waals surface area contributed by atoms with Crippen LogP contribution >= 0.6 is 0 Å². The molecule has 0 saturated heterocycles. The minimum atomic E-state index is -3.84. The number of carbonyl (C=O) groups excluding carboxylic acids is 1. The van der Waals surface area contributed by atoms with Gasteiger partial charge in [-0.15, -0.1) is 0 Å². The summed E-state index contributed by atoms with van der Waals surface area (Å²) >= 11 is 0. The molecule has 1 heterocycles. The van der Waals surface area contributed by atoms with Crippen LogP contribution in [0.15, 0.2) is 41.3 Å². The van der Waals surface area contributed by atoms with E-state index in [9.17, 15) is 13.2 Å². The number of nitrogens with zero attached hydrogens (tertiary/aromatic N) is 1. The molecule has 0 fully saturated rings. The molecule has 0 aliphatic carbocycles. The second kappa shape index (κ2) is 8.22. The molecule has 0 spiro atoms. The summed E-state index contributed by atoms with van der Waals surface area (Å²) in [4.78, 5) is 14.1. The van der Waals surface area contributed by atoms with Gasteiger partial charge in [0.2, 0.25) is 5.91 Å². The third-order valence-electron chi connectivity index (χ3n) is 4.75. The Kier molecular flexibility index (Phi) is 5.93. The lowest BCUT2D eigenvalue weighted by atomic mass is 10.0. The molecule has 0 bridgehead atoms. The van der Waals surface area contributed by atoms with Crippen LogP contribution < -0.4 is 14.4 Å². The Hall–Kier alpha value is -2.54. The fourth-order valence-electron chi connectivity index (χ4n) is 3.40. The summed E-state index contributed by atoms with van der Waals surface area (Å²) in [6, 6.07) is 10.5. The van der Waals surface area contributed by atoms with Crippen molar-refractivity contribution in [3.05, 3.63) is 47.5 Å². The Morgan fingerprint density at radius 3 is 2.68 bits per heavy atom. The standard InChI is InChI=1S/C21H26N2O4S/c1-4-21(24)23-12-6-7-16-9-10-17(14-18(16)23)22-28(25,26)20-13-15(3)8-11-19(20)27-5-2/h8-11,13-14,22H,4-7,12H2,1-3H3. The smallest absolute Gasteiger partial charge is 0.265 e. The number of sulfonamides is 1. The molecule has 150 valence electrons. The summed E-state index contributed by atoms with van der Waals surface area (Å²) in [6.45, 7) is 6.51. The van der Waals surface area contributed by atoms with Gasteiger partial charge in [0.25, 0.3) is 10.0 Å². The monoisotopic (exact) mass is 402 g/mol. The molecule has 3 rings (SSSR count). The lowest BCUT2D eigenvalue weighted by molar-refractivity contribution is -0.118. The molecular weight excluding hydrogens is 376 g/mol. The van der Waals surface area contributed by atoms with E-state index in [1.165, 1.54) is 0 Å². The van der Waals surface area contributed by atoms with Crippen molar-refractivity contribution in [3.63, 3.8) is 0 Å².